The number of carbonyl (C=O) groups excluding carboxylic acids is 2. The molecule has 0 aliphatic rings. The Morgan fingerprint density at radius 2 is 1.84 bits per heavy atom. The second kappa shape index (κ2) is 10.3. The Morgan fingerprint density at radius 1 is 1.20 bits per heavy atom. The molecule has 0 saturated carbocycles. The van der Waals surface area contributed by atoms with Crippen LogP contribution in [0.4, 0.5) is 4.79 Å². The van der Waals surface area contributed by atoms with Gasteiger partial charge in [-0.2, -0.15) is 0 Å². The van der Waals surface area contributed by atoms with Gasteiger partial charge in [0.2, 0.25) is 5.91 Å². The molecule has 0 saturated heterocycles. The van der Waals surface area contributed by atoms with Crippen molar-refractivity contribution in [2.45, 2.75) is 52.0 Å². The summed E-state index contributed by atoms with van der Waals surface area (Å²) >= 11 is 5.61. The van der Waals surface area contributed by atoms with Crippen molar-refractivity contribution in [3.8, 4) is 0 Å². The van der Waals surface area contributed by atoms with Crippen molar-refractivity contribution in [2.24, 2.45) is 0 Å². The Kier molecular flexibility index (Phi) is 8.72. The summed E-state index contributed by atoms with van der Waals surface area (Å²) in [6.07, 6.45) is -1.23. The number of amides is 2. The Hall–Kier alpha value is -1.79. The second-order valence-corrected chi connectivity index (χ2v) is 6.98. The highest BCUT2D eigenvalue weighted by Gasteiger charge is 2.29. The molecule has 2 N–H and O–H groups in total. The number of hydrogen-bond acceptors (Lipinski definition) is 4. The van der Waals surface area contributed by atoms with Crippen LogP contribution in [0.1, 0.15) is 33.3 Å². The molecule has 0 unspecified atom stereocenters. The van der Waals surface area contributed by atoms with E-state index in [9.17, 15) is 9.59 Å². The number of alkyl carbamates (subject to hydrolysis) is 1. The summed E-state index contributed by atoms with van der Waals surface area (Å²) in [4.78, 5) is 24.4. The number of halogens is 1. The predicted octanol–water partition coefficient (Wildman–Crippen LogP) is 2.84. The number of hydrogen-bond donors (Lipinski definition) is 2. The van der Waals surface area contributed by atoms with Gasteiger partial charge < -0.3 is 20.1 Å². The quantitative estimate of drug-likeness (QED) is 0.690. The van der Waals surface area contributed by atoms with Gasteiger partial charge in [-0.25, -0.2) is 4.79 Å². The number of nitrogens with one attached hydrogen (secondary N) is 2. The van der Waals surface area contributed by atoms with Crippen molar-refractivity contribution in [3.63, 3.8) is 0 Å². The summed E-state index contributed by atoms with van der Waals surface area (Å²) in [6.45, 7) is 7.63. The maximum absolute atomic E-state index is 12.3. The van der Waals surface area contributed by atoms with Crippen molar-refractivity contribution >= 4 is 23.6 Å². The van der Waals surface area contributed by atoms with E-state index in [0.29, 0.717) is 13.2 Å². The predicted molar refractivity (Wildman–Crippen MR) is 97.6 cm³/mol. The van der Waals surface area contributed by atoms with E-state index in [4.69, 9.17) is 21.1 Å². The SMILES string of the molecule is C[C@H](OCc1ccccc1)[C@@H](NC(=O)OC(C)(C)C)C(=O)NCCCl. The molecule has 2 atom stereocenters. The molecule has 0 spiro atoms. The van der Waals surface area contributed by atoms with E-state index in [0.717, 1.165) is 5.56 Å². The highest BCUT2D eigenvalue weighted by Crippen LogP contribution is 2.10. The van der Waals surface area contributed by atoms with Gasteiger partial charge in [0.15, 0.2) is 0 Å². The first-order valence-electron chi connectivity index (χ1n) is 8.21. The van der Waals surface area contributed by atoms with Gasteiger partial charge in [0.1, 0.15) is 11.6 Å². The van der Waals surface area contributed by atoms with Gasteiger partial charge in [-0.1, -0.05) is 30.3 Å². The average Bonchev–Trinajstić information content (AvgIpc) is 2.54. The number of ether oxygens (including phenoxy) is 2. The summed E-state index contributed by atoms with van der Waals surface area (Å²) in [6, 6.07) is 8.70. The maximum atomic E-state index is 12.3. The largest absolute Gasteiger partial charge is 0.444 e. The second-order valence-electron chi connectivity index (χ2n) is 6.61. The minimum absolute atomic E-state index is 0.282. The molecule has 1 aromatic carbocycles. The lowest BCUT2D eigenvalue weighted by molar-refractivity contribution is -0.127. The first-order chi connectivity index (χ1) is 11.7. The fourth-order valence-electron chi connectivity index (χ4n) is 2.01. The first kappa shape index (κ1) is 21.3. The van der Waals surface area contributed by atoms with Crippen LogP contribution < -0.4 is 10.6 Å². The third kappa shape index (κ3) is 8.74. The van der Waals surface area contributed by atoms with Crippen molar-refractivity contribution in [1.29, 1.82) is 0 Å². The molecular weight excluding hydrogens is 344 g/mol. The molecule has 140 valence electrons. The molecule has 1 rings (SSSR count). The highest BCUT2D eigenvalue weighted by molar-refractivity contribution is 6.18. The van der Waals surface area contributed by atoms with Crippen molar-refractivity contribution < 1.29 is 19.1 Å². The molecule has 25 heavy (non-hydrogen) atoms. The molecule has 0 heterocycles. The van der Waals surface area contributed by atoms with Gasteiger partial charge in [0.25, 0.3) is 0 Å². The zero-order chi connectivity index (χ0) is 18.9. The monoisotopic (exact) mass is 370 g/mol. The number of alkyl halides is 1. The van der Waals surface area contributed by atoms with Gasteiger partial charge >= 0.3 is 6.09 Å². The van der Waals surface area contributed by atoms with Crippen LogP contribution in [0.2, 0.25) is 0 Å². The smallest absolute Gasteiger partial charge is 0.408 e. The van der Waals surface area contributed by atoms with E-state index in [1.54, 1.807) is 27.7 Å². The van der Waals surface area contributed by atoms with Crippen LogP contribution in [-0.2, 0) is 20.9 Å². The molecule has 0 fully saturated rings. The Balaban J connectivity index is 2.71. The Labute approximate surface area is 154 Å². The molecule has 1 aromatic rings. The van der Waals surface area contributed by atoms with Crippen LogP contribution in [0.5, 0.6) is 0 Å². The van der Waals surface area contributed by atoms with Gasteiger partial charge in [0.05, 0.1) is 12.7 Å². The summed E-state index contributed by atoms with van der Waals surface area (Å²) in [5.41, 5.74) is 0.321. The molecule has 0 bridgehead atoms. The summed E-state index contributed by atoms with van der Waals surface area (Å²) in [5.74, 6) is -0.0866. The minimum Gasteiger partial charge on any atom is -0.444 e. The third-order valence-corrected chi connectivity index (χ3v) is 3.36. The molecule has 0 aromatic heterocycles. The Bertz CT molecular complexity index is 546. The molecule has 7 heteroatoms. The molecule has 2 amide bonds. The topological polar surface area (TPSA) is 76.7 Å². The van der Waals surface area contributed by atoms with Gasteiger partial charge in [-0.15, -0.1) is 11.6 Å². The van der Waals surface area contributed by atoms with Gasteiger partial charge in [0, 0.05) is 12.4 Å². The van der Waals surface area contributed by atoms with E-state index in [2.05, 4.69) is 10.6 Å². The number of rotatable bonds is 8. The molecule has 0 radical (unpaired) electrons. The lowest BCUT2D eigenvalue weighted by Gasteiger charge is -2.26. The summed E-state index contributed by atoms with van der Waals surface area (Å²) in [7, 11) is 0. The van der Waals surface area contributed by atoms with E-state index in [1.807, 2.05) is 30.3 Å². The minimum atomic E-state index is -0.887. The van der Waals surface area contributed by atoms with Crippen LogP contribution in [0, 0.1) is 0 Å². The van der Waals surface area contributed by atoms with Crippen LogP contribution >= 0.6 is 11.6 Å². The Morgan fingerprint density at radius 3 is 2.40 bits per heavy atom. The van der Waals surface area contributed by atoms with E-state index in [1.165, 1.54) is 0 Å². The molecule has 6 nitrogen and oxygen atoms in total. The van der Waals surface area contributed by atoms with E-state index in [-0.39, 0.29) is 11.8 Å². The normalized spacial score (nSPS) is 13.6. The van der Waals surface area contributed by atoms with Crippen LogP contribution in [0.3, 0.4) is 0 Å². The van der Waals surface area contributed by atoms with Crippen LogP contribution in [-0.4, -0.2) is 42.2 Å². The number of benzene rings is 1. The lowest BCUT2D eigenvalue weighted by atomic mass is 10.1. The average molecular weight is 371 g/mol. The van der Waals surface area contributed by atoms with Crippen molar-refractivity contribution in [2.75, 3.05) is 12.4 Å². The third-order valence-electron chi connectivity index (χ3n) is 3.17. The van der Waals surface area contributed by atoms with E-state index >= 15 is 0 Å². The zero-order valence-corrected chi connectivity index (χ0v) is 15.9. The van der Waals surface area contributed by atoms with Crippen molar-refractivity contribution in [1.82, 2.24) is 10.6 Å². The van der Waals surface area contributed by atoms with Gasteiger partial charge in [-0.05, 0) is 33.3 Å². The molecular formula is C18H27ClN2O4. The number of carbonyl (C=O) groups is 2. The zero-order valence-electron chi connectivity index (χ0n) is 15.2. The first-order valence-corrected chi connectivity index (χ1v) is 8.75. The highest BCUT2D eigenvalue weighted by atomic mass is 35.5. The van der Waals surface area contributed by atoms with Crippen molar-refractivity contribution in [3.05, 3.63) is 35.9 Å². The van der Waals surface area contributed by atoms with E-state index < -0.39 is 23.8 Å². The fraction of sp³-hybridized carbons (Fsp3) is 0.556. The summed E-state index contributed by atoms with van der Waals surface area (Å²) in [5, 5.41) is 5.24. The van der Waals surface area contributed by atoms with Crippen LogP contribution in [0.25, 0.3) is 0 Å². The molecule has 0 aliphatic carbocycles. The van der Waals surface area contributed by atoms with Crippen LogP contribution in [0.15, 0.2) is 30.3 Å². The maximum Gasteiger partial charge on any atom is 0.408 e. The van der Waals surface area contributed by atoms with Gasteiger partial charge in [-0.3, -0.25) is 4.79 Å². The standard InChI is InChI=1S/C18H27ClN2O4/c1-13(24-12-14-8-6-5-7-9-14)15(16(22)20-11-10-19)21-17(23)25-18(2,3)4/h5-9,13,15H,10-12H2,1-4H3,(H,20,22)(H,21,23)/t13-,15+/m0/s1. The summed E-state index contributed by atoms with van der Waals surface area (Å²) < 4.78 is 11.0. The fourth-order valence-corrected chi connectivity index (χ4v) is 2.10. The lowest BCUT2D eigenvalue weighted by Crippen LogP contribution is -2.54. The molecule has 0 aliphatic heterocycles.